The molecule has 5 nitrogen and oxygen atoms in total. The van der Waals surface area contributed by atoms with Gasteiger partial charge in [-0.3, -0.25) is 9.58 Å². The van der Waals surface area contributed by atoms with Crippen LogP contribution in [-0.4, -0.2) is 45.2 Å². The summed E-state index contributed by atoms with van der Waals surface area (Å²) in [5.74, 6) is 0. The van der Waals surface area contributed by atoms with Crippen LogP contribution < -0.4 is 0 Å². The molecule has 106 valence electrons. The largest absolute Gasteiger partial charge is 0.394 e. The van der Waals surface area contributed by atoms with Crippen molar-refractivity contribution in [1.82, 2.24) is 14.7 Å². The van der Waals surface area contributed by atoms with E-state index in [4.69, 9.17) is 10.2 Å². The van der Waals surface area contributed by atoms with E-state index in [2.05, 4.69) is 10.00 Å². The first-order valence-electron chi connectivity index (χ1n) is 6.71. The fourth-order valence-corrected chi connectivity index (χ4v) is 1.75. The molecule has 1 aromatic heterocycles. The minimum absolute atomic E-state index is 0.0765. The third-order valence-corrected chi connectivity index (χ3v) is 2.55. The van der Waals surface area contributed by atoms with Crippen LogP contribution in [0, 0.1) is 0 Å². The maximum Gasteiger partial charge on any atom is 0.0980 e. The summed E-state index contributed by atoms with van der Waals surface area (Å²) >= 11 is 0. The van der Waals surface area contributed by atoms with Crippen molar-refractivity contribution in [2.75, 3.05) is 20.3 Å². The summed E-state index contributed by atoms with van der Waals surface area (Å²) in [5.41, 5.74) is 2.25. The molecule has 2 N–H and O–H groups in total. The van der Waals surface area contributed by atoms with Gasteiger partial charge in [0.2, 0.25) is 0 Å². The minimum Gasteiger partial charge on any atom is -0.394 e. The molecule has 5 heteroatoms. The number of aliphatic hydroxyl groups is 2. The SMILES string of the molecule is CC.CC.CN1Cc2cn(C(CO)CO)nc2C1. The molecular weight excluding hydrogens is 230 g/mol. The Morgan fingerprint density at radius 2 is 1.72 bits per heavy atom. The average molecular weight is 257 g/mol. The zero-order valence-electron chi connectivity index (χ0n) is 12.2. The van der Waals surface area contributed by atoms with Gasteiger partial charge in [0.05, 0.1) is 24.9 Å². The first-order chi connectivity index (χ1) is 8.74. The van der Waals surface area contributed by atoms with Gasteiger partial charge in [-0.25, -0.2) is 0 Å². The normalized spacial score (nSPS) is 13.6. The Hall–Kier alpha value is -0.910. The van der Waals surface area contributed by atoms with Crippen molar-refractivity contribution < 1.29 is 10.2 Å². The molecule has 0 unspecified atom stereocenters. The Morgan fingerprint density at radius 1 is 1.17 bits per heavy atom. The average Bonchev–Trinajstić information content (AvgIpc) is 2.93. The van der Waals surface area contributed by atoms with Crippen molar-refractivity contribution in [2.45, 2.75) is 46.8 Å². The summed E-state index contributed by atoms with van der Waals surface area (Å²) < 4.78 is 1.66. The van der Waals surface area contributed by atoms with Gasteiger partial charge in [-0.1, -0.05) is 27.7 Å². The Labute approximate surface area is 110 Å². The van der Waals surface area contributed by atoms with Crippen LogP contribution in [0.3, 0.4) is 0 Å². The Kier molecular flexibility index (Phi) is 8.62. The highest BCUT2D eigenvalue weighted by Crippen LogP contribution is 2.20. The zero-order chi connectivity index (χ0) is 14.1. The van der Waals surface area contributed by atoms with Crippen LogP contribution in [0.15, 0.2) is 6.20 Å². The first kappa shape index (κ1) is 17.1. The number of rotatable bonds is 3. The zero-order valence-corrected chi connectivity index (χ0v) is 12.2. The molecular formula is C13H27N3O2. The molecule has 1 aliphatic rings. The summed E-state index contributed by atoms with van der Waals surface area (Å²) in [6.45, 7) is 9.60. The fraction of sp³-hybridized carbons (Fsp3) is 0.769. The van der Waals surface area contributed by atoms with Gasteiger partial charge in [0.1, 0.15) is 0 Å². The van der Waals surface area contributed by atoms with Crippen LogP contribution in [-0.2, 0) is 13.1 Å². The van der Waals surface area contributed by atoms with E-state index in [1.165, 1.54) is 5.56 Å². The van der Waals surface area contributed by atoms with E-state index >= 15 is 0 Å². The number of aliphatic hydroxyl groups excluding tert-OH is 2. The predicted molar refractivity (Wildman–Crippen MR) is 73.3 cm³/mol. The Balaban J connectivity index is 0.000000659. The summed E-state index contributed by atoms with van der Waals surface area (Å²) in [6, 6.07) is -0.300. The predicted octanol–water partition coefficient (Wildman–Crippen LogP) is 1.41. The maximum absolute atomic E-state index is 8.99. The fourth-order valence-electron chi connectivity index (χ4n) is 1.75. The highest BCUT2D eigenvalue weighted by molar-refractivity contribution is 5.21. The maximum atomic E-state index is 8.99. The molecule has 18 heavy (non-hydrogen) atoms. The number of fused-ring (bicyclic) bond motifs is 1. The van der Waals surface area contributed by atoms with Gasteiger partial charge < -0.3 is 10.2 Å². The van der Waals surface area contributed by atoms with Crippen molar-refractivity contribution >= 4 is 0 Å². The lowest BCUT2D eigenvalue weighted by Gasteiger charge is -2.12. The second-order valence-electron chi connectivity index (χ2n) is 3.77. The highest BCUT2D eigenvalue weighted by Gasteiger charge is 2.21. The van der Waals surface area contributed by atoms with Crippen LogP contribution in [0.4, 0.5) is 0 Å². The Bertz CT molecular complexity index is 299. The molecule has 0 aliphatic carbocycles. The molecule has 0 radical (unpaired) electrons. The molecule has 0 saturated heterocycles. The van der Waals surface area contributed by atoms with Crippen LogP contribution in [0.25, 0.3) is 0 Å². The van der Waals surface area contributed by atoms with Gasteiger partial charge >= 0.3 is 0 Å². The molecule has 0 amide bonds. The van der Waals surface area contributed by atoms with Crippen molar-refractivity contribution in [2.24, 2.45) is 0 Å². The summed E-state index contributed by atoms with van der Waals surface area (Å²) in [4.78, 5) is 2.18. The van der Waals surface area contributed by atoms with Gasteiger partial charge in [0.15, 0.2) is 0 Å². The van der Waals surface area contributed by atoms with Crippen molar-refractivity contribution in [3.05, 3.63) is 17.5 Å². The molecule has 1 aromatic rings. The van der Waals surface area contributed by atoms with Gasteiger partial charge in [0.25, 0.3) is 0 Å². The van der Waals surface area contributed by atoms with Gasteiger partial charge in [-0.15, -0.1) is 0 Å². The highest BCUT2D eigenvalue weighted by atomic mass is 16.3. The smallest absolute Gasteiger partial charge is 0.0980 e. The lowest BCUT2D eigenvalue weighted by Crippen LogP contribution is -2.19. The van der Waals surface area contributed by atoms with E-state index in [0.717, 1.165) is 18.8 Å². The van der Waals surface area contributed by atoms with Crippen LogP contribution in [0.2, 0.25) is 0 Å². The van der Waals surface area contributed by atoms with E-state index < -0.39 is 0 Å². The van der Waals surface area contributed by atoms with E-state index in [-0.39, 0.29) is 19.3 Å². The lowest BCUT2D eigenvalue weighted by molar-refractivity contribution is 0.145. The Morgan fingerprint density at radius 3 is 2.17 bits per heavy atom. The van der Waals surface area contributed by atoms with Crippen molar-refractivity contribution in [3.8, 4) is 0 Å². The molecule has 0 aromatic carbocycles. The standard InChI is InChI=1S/C9H15N3O2.2C2H6/c1-11-2-7-3-12(8(5-13)6-14)10-9(7)4-11;2*1-2/h3,8,13-14H,2,4-6H2,1H3;2*1-2H3. The third kappa shape index (κ3) is 4.08. The van der Waals surface area contributed by atoms with Crippen molar-refractivity contribution in [1.29, 1.82) is 0 Å². The first-order valence-corrected chi connectivity index (χ1v) is 6.71. The quantitative estimate of drug-likeness (QED) is 0.859. The molecule has 2 rings (SSSR count). The molecule has 0 spiro atoms. The van der Waals surface area contributed by atoms with Gasteiger partial charge in [-0.05, 0) is 7.05 Å². The van der Waals surface area contributed by atoms with E-state index in [0.29, 0.717) is 0 Å². The second kappa shape index (κ2) is 9.08. The minimum atomic E-state index is -0.300. The van der Waals surface area contributed by atoms with Gasteiger partial charge in [0, 0.05) is 24.8 Å². The number of hydrogen-bond donors (Lipinski definition) is 2. The second-order valence-corrected chi connectivity index (χ2v) is 3.77. The van der Waals surface area contributed by atoms with Crippen LogP contribution in [0.5, 0.6) is 0 Å². The van der Waals surface area contributed by atoms with E-state index in [1.807, 2.05) is 40.9 Å². The van der Waals surface area contributed by atoms with Gasteiger partial charge in [-0.2, -0.15) is 5.10 Å². The summed E-state index contributed by atoms with van der Waals surface area (Å²) in [5, 5.41) is 22.3. The summed E-state index contributed by atoms with van der Waals surface area (Å²) in [7, 11) is 2.04. The van der Waals surface area contributed by atoms with E-state index in [9.17, 15) is 0 Å². The van der Waals surface area contributed by atoms with Crippen LogP contribution in [0.1, 0.15) is 45.0 Å². The molecule has 0 atom stereocenters. The number of hydrogen-bond acceptors (Lipinski definition) is 4. The topological polar surface area (TPSA) is 61.5 Å². The lowest BCUT2D eigenvalue weighted by atomic mass is 10.3. The number of nitrogens with zero attached hydrogens (tertiary/aromatic N) is 3. The molecule has 1 aliphatic heterocycles. The number of aromatic nitrogens is 2. The third-order valence-electron chi connectivity index (χ3n) is 2.55. The van der Waals surface area contributed by atoms with Crippen LogP contribution >= 0.6 is 0 Å². The summed E-state index contributed by atoms with van der Waals surface area (Å²) in [6.07, 6.45) is 1.91. The van der Waals surface area contributed by atoms with E-state index in [1.54, 1.807) is 4.68 Å². The van der Waals surface area contributed by atoms with Crippen molar-refractivity contribution in [3.63, 3.8) is 0 Å². The molecule has 0 fully saturated rings. The molecule has 2 heterocycles. The molecule has 0 saturated carbocycles. The monoisotopic (exact) mass is 257 g/mol. The molecule has 0 bridgehead atoms.